The fraction of sp³-hybridized carbons (Fsp3) is 0.455. The van der Waals surface area contributed by atoms with Gasteiger partial charge in [0.2, 0.25) is 6.54 Å². The Morgan fingerprint density at radius 3 is 2.62 bits per heavy atom. The summed E-state index contributed by atoms with van der Waals surface area (Å²) in [6.07, 6.45) is 1.16. The van der Waals surface area contributed by atoms with Gasteiger partial charge in [0.05, 0.1) is 6.04 Å². The minimum absolute atomic E-state index is 0.0602. The SMILES string of the molecule is O=[N+]([O-])C[C@@H](CCCO)Nc1ccccc1. The van der Waals surface area contributed by atoms with Crippen LogP contribution in [0.25, 0.3) is 0 Å². The Bertz CT molecular complexity index is 316. The number of nitro groups is 1. The van der Waals surface area contributed by atoms with Crippen LogP contribution in [0.15, 0.2) is 30.3 Å². The molecule has 0 radical (unpaired) electrons. The van der Waals surface area contributed by atoms with Gasteiger partial charge in [-0.2, -0.15) is 0 Å². The number of nitrogens with one attached hydrogen (secondary N) is 1. The van der Waals surface area contributed by atoms with Crippen molar-refractivity contribution in [2.45, 2.75) is 18.9 Å². The molecule has 88 valence electrons. The van der Waals surface area contributed by atoms with E-state index >= 15 is 0 Å². The van der Waals surface area contributed by atoms with Gasteiger partial charge in [-0.3, -0.25) is 10.1 Å². The van der Waals surface area contributed by atoms with E-state index in [1.807, 2.05) is 30.3 Å². The van der Waals surface area contributed by atoms with Crippen LogP contribution in [-0.4, -0.2) is 29.2 Å². The zero-order valence-corrected chi connectivity index (χ0v) is 9.00. The largest absolute Gasteiger partial charge is 0.396 e. The predicted octanol–water partition coefficient (Wildman–Crippen LogP) is 1.52. The maximum atomic E-state index is 10.5. The summed E-state index contributed by atoms with van der Waals surface area (Å²) in [4.78, 5) is 10.1. The summed E-state index contributed by atoms with van der Waals surface area (Å²) < 4.78 is 0. The Morgan fingerprint density at radius 1 is 1.38 bits per heavy atom. The summed E-state index contributed by atoms with van der Waals surface area (Å²) in [6.45, 7) is -0.0699. The maximum absolute atomic E-state index is 10.5. The average molecular weight is 224 g/mol. The van der Waals surface area contributed by atoms with Crippen LogP contribution in [0.5, 0.6) is 0 Å². The number of hydrogen-bond acceptors (Lipinski definition) is 4. The third kappa shape index (κ3) is 4.75. The van der Waals surface area contributed by atoms with Gasteiger partial charge in [-0.05, 0) is 25.0 Å². The van der Waals surface area contributed by atoms with Gasteiger partial charge in [0, 0.05) is 17.2 Å². The topological polar surface area (TPSA) is 75.4 Å². The highest BCUT2D eigenvalue weighted by Crippen LogP contribution is 2.10. The predicted molar refractivity (Wildman–Crippen MR) is 62.0 cm³/mol. The van der Waals surface area contributed by atoms with Gasteiger partial charge in [-0.1, -0.05) is 18.2 Å². The van der Waals surface area contributed by atoms with Crippen molar-refractivity contribution in [1.29, 1.82) is 0 Å². The highest BCUT2D eigenvalue weighted by atomic mass is 16.6. The fourth-order valence-electron chi connectivity index (χ4n) is 1.50. The summed E-state index contributed by atoms with van der Waals surface area (Å²) in [5.41, 5.74) is 0.868. The van der Waals surface area contributed by atoms with Crippen molar-refractivity contribution in [1.82, 2.24) is 0 Å². The van der Waals surface area contributed by atoms with E-state index in [0.29, 0.717) is 12.8 Å². The molecule has 5 heteroatoms. The van der Waals surface area contributed by atoms with Gasteiger partial charge in [0.25, 0.3) is 0 Å². The number of aliphatic hydroxyl groups is 1. The minimum Gasteiger partial charge on any atom is -0.396 e. The van der Waals surface area contributed by atoms with Crippen LogP contribution in [-0.2, 0) is 0 Å². The molecule has 0 amide bonds. The first kappa shape index (κ1) is 12.4. The van der Waals surface area contributed by atoms with Crippen molar-refractivity contribution in [3.63, 3.8) is 0 Å². The van der Waals surface area contributed by atoms with Gasteiger partial charge in [0.1, 0.15) is 0 Å². The maximum Gasteiger partial charge on any atom is 0.223 e. The van der Waals surface area contributed by atoms with Crippen LogP contribution in [0.2, 0.25) is 0 Å². The van der Waals surface area contributed by atoms with Crippen molar-refractivity contribution in [3.8, 4) is 0 Å². The van der Waals surface area contributed by atoms with Crippen molar-refractivity contribution >= 4 is 5.69 Å². The summed E-state index contributed by atoms with van der Waals surface area (Å²) in [6, 6.07) is 9.14. The third-order valence-electron chi connectivity index (χ3n) is 2.22. The molecule has 0 bridgehead atoms. The first-order valence-electron chi connectivity index (χ1n) is 5.26. The lowest BCUT2D eigenvalue weighted by atomic mass is 10.1. The van der Waals surface area contributed by atoms with Gasteiger partial charge >= 0.3 is 0 Å². The summed E-state index contributed by atoms with van der Waals surface area (Å²) in [5.74, 6) is 0. The molecule has 0 aliphatic carbocycles. The minimum atomic E-state index is -0.335. The molecule has 1 rings (SSSR count). The second-order valence-corrected chi connectivity index (χ2v) is 3.59. The molecule has 1 atom stereocenters. The molecule has 0 saturated carbocycles. The van der Waals surface area contributed by atoms with E-state index in [-0.39, 0.29) is 24.1 Å². The molecule has 1 aromatic rings. The standard InChI is InChI=1S/C11H16N2O3/c14-8-4-7-11(9-13(15)16)12-10-5-2-1-3-6-10/h1-3,5-6,11-12,14H,4,7-9H2/t11-/m1/s1. The highest BCUT2D eigenvalue weighted by Gasteiger charge is 2.14. The second kappa shape index (κ2) is 6.79. The quantitative estimate of drug-likeness (QED) is 0.544. The van der Waals surface area contributed by atoms with Crippen molar-refractivity contribution in [2.24, 2.45) is 0 Å². The van der Waals surface area contributed by atoms with Crippen LogP contribution in [0.1, 0.15) is 12.8 Å². The number of anilines is 1. The van der Waals surface area contributed by atoms with Crippen LogP contribution in [0, 0.1) is 10.1 Å². The molecule has 0 saturated heterocycles. The molecule has 0 spiro atoms. The molecule has 0 fully saturated rings. The van der Waals surface area contributed by atoms with Gasteiger partial charge < -0.3 is 10.4 Å². The number of para-hydroxylation sites is 1. The normalized spacial score (nSPS) is 12.1. The van der Waals surface area contributed by atoms with Gasteiger partial charge in [-0.15, -0.1) is 0 Å². The molecule has 0 aromatic heterocycles. The zero-order valence-electron chi connectivity index (χ0n) is 9.00. The zero-order chi connectivity index (χ0) is 11.8. The monoisotopic (exact) mass is 224 g/mol. The Kier molecular flexibility index (Phi) is 5.28. The van der Waals surface area contributed by atoms with Crippen LogP contribution < -0.4 is 5.32 Å². The summed E-state index contributed by atoms with van der Waals surface area (Å²) in [5, 5.41) is 22.3. The van der Waals surface area contributed by atoms with Gasteiger partial charge in [0.15, 0.2) is 0 Å². The molecular formula is C11H16N2O3. The van der Waals surface area contributed by atoms with E-state index < -0.39 is 0 Å². The van der Waals surface area contributed by atoms with Crippen LogP contribution >= 0.6 is 0 Å². The molecular weight excluding hydrogens is 208 g/mol. The lowest BCUT2D eigenvalue weighted by Gasteiger charge is -2.15. The van der Waals surface area contributed by atoms with Gasteiger partial charge in [-0.25, -0.2) is 0 Å². The lowest BCUT2D eigenvalue weighted by Crippen LogP contribution is -2.28. The fourth-order valence-corrected chi connectivity index (χ4v) is 1.50. The molecule has 0 unspecified atom stereocenters. The van der Waals surface area contributed by atoms with E-state index in [4.69, 9.17) is 5.11 Å². The van der Waals surface area contributed by atoms with Crippen molar-refractivity contribution in [2.75, 3.05) is 18.5 Å². The summed E-state index contributed by atoms with van der Waals surface area (Å²) in [7, 11) is 0. The first-order valence-corrected chi connectivity index (χ1v) is 5.26. The van der Waals surface area contributed by atoms with Crippen molar-refractivity contribution in [3.05, 3.63) is 40.4 Å². The van der Waals surface area contributed by atoms with E-state index in [1.54, 1.807) is 0 Å². The molecule has 1 aromatic carbocycles. The molecule has 0 aliphatic rings. The van der Waals surface area contributed by atoms with E-state index in [9.17, 15) is 10.1 Å². The Hall–Kier alpha value is -1.62. The number of aliphatic hydroxyl groups excluding tert-OH is 1. The molecule has 2 N–H and O–H groups in total. The number of rotatable bonds is 7. The van der Waals surface area contributed by atoms with E-state index in [1.165, 1.54) is 0 Å². The second-order valence-electron chi connectivity index (χ2n) is 3.59. The Balaban J connectivity index is 2.52. The number of hydrogen-bond donors (Lipinski definition) is 2. The highest BCUT2D eigenvalue weighted by molar-refractivity contribution is 5.43. The summed E-state index contributed by atoms with van der Waals surface area (Å²) >= 11 is 0. The van der Waals surface area contributed by atoms with Crippen molar-refractivity contribution < 1.29 is 10.0 Å². The Labute approximate surface area is 94.3 Å². The lowest BCUT2D eigenvalue weighted by molar-refractivity contribution is -0.481. The smallest absolute Gasteiger partial charge is 0.223 e. The molecule has 5 nitrogen and oxygen atoms in total. The molecule has 0 heterocycles. The Morgan fingerprint density at radius 2 is 2.06 bits per heavy atom. The molecule has 16 heavy (non-hydrogen) atoms. The molecule has 0 aliphatic heterocycles. The van der Waals surface area contributed by atoms with Crippen LogP contribution in [0.3, 0.4) is 0 Å². The first-order chi connectivity index (χ1) is 7.72. The van der Waals surface area contributed by atoms with E-state index in [2.05, 4.69) is 5.32 Å². The third-order valence-corrected chi connectivity index (χ3v) is 2.22. The number of nitrogens with zero attached hydrogens (tertiary/aromatic N) is 1. The van der Waals surface area contributed by atoms with Crippen LogP contribution in [0.4, 0.5) is 5.69 Å². The average Bonchev–Trinajstić information content (AvgIpc) is 2.26. The van der Waals surface area contributed by atoms with E-state index in [0.717, 1.165) is 5.69 Å². The number of benzene rings is 1.